The zero-order valence-electron chi connectivity index (χ0n) is 19.5. The molecule has 0 saturated carbocycles. The number of hydrogen-bond acceptors (Lipinski definition) is 10. The highest BCUT2D eigenvalue weighted by atomic mass is 32.2. The van der Waals surface area contributed by atoms with Crippen molar-refractivity contribution in [1.82, 2.24) is 20.1 Å². The van der Waals surface area contributed by atoms with Gasteiger partial charge in [-0.2, -0.15) is 18.2 Å². The van der Waals surface area contributed by atoms with Gasteiger partial charge in [0.2, 0.25) is 0 Å². The van der Waals surface area contributed by atoms with Gasteiger partial charge in [-0.3, -0.25) is 4.21 Å². The van der Waals surface area contributed by atoms with Crippen molar-refractivity contribution in [2.75, 3.05) is 18.0 Å². The third kappa shape index (κ3) is 5.91. The molecule has 1 aromatic carbocycles. The fraction of sp³-hybridized carbons (Fsp3) is 0.391. The monoisotopic (exact) mass is 552 g/mol. The summed E-state index contributed by atoms with van der Waals surface area (Å²) in [5, 5.41) is 3.52. The molecule has 5 rings (SSSR count). The van der Waals surface area contributed by atoms with E-state index in [0.717, 1.165) is 16.1 Å². The number of pyridine rings is 1. The van der Waals surface area contributed by atoms with E-state index in [-0.39, 0.29) is 23.8 Å². The lowest BCUT2D eigenvalue weighted by Gasteiger charge is -2.33. The van der Waals surface area contributed by atoms with Crippen LogP contribution in [0.5, 0.6) is 5.19 Å². The van der Waals surface area contributed by atoms with Gasteiger partial charge in [-0.15, -0.1) is 0 Å². The Morgan fingerprint density at radius 3 is 2.54 bits per heavy atom. The third-order valence-corrected chi connectivity index (χ3v) is 7.62. The van der Waals surface area contributed by atoms with Gasteiger partial charge in [-0.25, -0.2) is 9.97 Å². The minimum Gasteiger partial charge on any atom is -0.772 e. The molecule has 0 amide bonds. The smallest absolute Gasteiger partial charge is 0.455 e. The number of aromatic nitrogens is 4. The number of ether oxygens (including phenoxy) is 1. The van der Waals surface area contributed by atoms with Gasteiger partial charge < -0.3 is 18.7 Å². The number of piperidine rings is 1. The molecule has 2 atom stereocenters. The fourth-order valence-corrected chi connectivity index (χ4v) is 5.53. The van der Waals surface area contributed by atoms with Crippen molar-refractivity contribution in [3.8, 4) is 16.5 Å². The van der Waals surface area contributed by atoms with E-state index in [4.69, 9.17) is 9.26 Å². The maximum absolute atomic E-state index is 12.7. The van der Waals surface area contributed by atoms with Crippen LogP contribution >= 0.6 is 11.3 Å². The number of nitrogens with zero attached hydrogens (tertiary/aromatic N) is 5. The van der Waals surface area contributed by atoms with Crippen molar-refractivity contribution in [1.29, 1.82) is 0 Å². The van der Waals surface area contributed by atoms with Crippen molar-refractivity contribution in [2.45, 2.75) is 37.8 Å². The van der Waals surface area contributed by atoms with Crippen molar-refractivity contribution in [3.63, 3.8) is 0 Å². The van der Waals surface area contributed by atoms with E-state index in [0.29, 0.717) is 42.2 Å². The molecule has 4 aromatic rings. The van der Waals surface area contributed by atoms with Crippen LogP contribution in [-0.4, -0.2) is 48.1 Å². The Hall–Kier alpha value is -3.10. The molecule has 3 aromatic heterocycles. The molecule has 0 bridgehead atoms. The topological polar surface area (TPSA) is 117 Å². The Morgan fingerprint density at radius 1 is 1.16 bits per heavy atom. The van der Waals surface area contributed by atoms with E-state index in [1.54, 1.807) is 17.0 Å². The molecule has 9 nitrogen and oxygen atoms in total. The maximum atomic E-state index is 12.7. The highest BCUT2D eigenvalue weighted by Gasteiger charge is 2.38. The Kier molecular flexibility index (Phi) is 7.14. The zero-order chi connectivity index (χ0) is 26.2. The summed E-state index contributed by atoms with van der Waals surface area (Å²) < 4.78 is 70.9. The largest absolute Gasteiger partial charge is 0.772 e. The normalized spacial score (nSPS) is 16.7. The Bertz CT molecular complexity index is 1400. The predicted molar refractivity (Wildman–Crippen MR) is 130 cm³/mol. The Morgan fingerprint density at radius 2 is 1.89 bits per heavy atom. The van der Waals surface area contributed by atoms with Gasteiger partial charge in [0.25, 0.3) is 11.0 Å². The molecule has 1 saturated heterocycles. The van der Waals surface area contributed by atoms with Gasteiger partial charge in [0.05, 0.1) is 5.69 Å². The molecular weight excluding hydrogens is 531 g/mol. The molecule has 14 heteroatoms. The summed E-state index contributed by atoms with van der Waals surface area (Å²) in [4.78, 5) is 15.1. The molecule has 0 radical (unpaired) electrons. The SMILES string of the molecule is CC(Oc1nc2ccc(-c3ccc(CS(=O)[O-])cc3)nc2s1)C1CCN(c2nc(C(F)(F)F)no2)CC1. The van der Waals surface area contributed by atoms with Crippen LogP contribution in [0.15, 0.2) is 40.9 Å². The highest BCUT2D eigenvalue weighted by Crippen LogP contribution is 2.33. The fourth-order valence-electron chi connectivity index (χ4n) is 4.19. The van der Waals surface area contributed by atoms with E-state index in [9.17, 15) is 21.9 Å². The van der Waals surface area contributed by atoms with Crippen LogP contribution < -0.4 is 9.64 Å². The molecule has 4 heterocycles. The lowest BCUT2D eigenvalue weighted by molar-refractivity contribution is -0.146. The first-order valence-corrected chi connectivity index (χ1v) is 13.5. The van der Waals surface area contributed by atoms with Gasteiger partial charge in [0.15, 0.2) is 0 Å². The first-order chi connectivity index (χ1) is 17.7. The number of alkyl halides is 3. The Balaban J connectivity index is 1.20. The Labute approximate surface area is 216 Å². The first-order valence-electron chi connectivity index (χ1n) is 11.4. The second kappa shape index (κ2) is 10.3. The third-order valence-electron chi connectivity index (χ3n) is 6.20. The lowest BCUT2D eigenvalue weighted by Crippen LogP contribution is -2.38. The standard InChI is InChI=1S/C23H22F3N5O4S2/c1-13(15-8-10-31(11-9-15)21-29-20(30-35-21)23(24,25)26)34-22-28-18-7-6-17(27-19(18)36-22)16-4-2-14(3-5-16)12-37(32)33/h2-7,13,15H,8-12H2,1H3,(H,32,33)/p-1. The number of fused-ring (bicyclic) bond motifs is 1. The summed E-state index contributed by atoms with van der Waals surface area (Å²) >= 11 is -0.803. The quantitative estimate of drug-likeness (QED) is 0.297. The predicted octanol–water partition coefficient (Wildman–Crippen LogP) is 4.82. The number of rotatable bonds is 7. The van der Waals surface area contributed by atoms with E-state index >= 15 is 0 Å². The summed E-state index contributed by atoms with van der Waals surface area (Å²) in [6.45, 7) is 2.91. The van der Waals surface area contributed by atoms with Gasteiger partial charge in [0, 0.05) is 24.4 Å². The highest BCUT2D eigenvalue weighted by molar-refractivity contribution is 7.78. The van der Waals surface area contributed by atoms with Crippen LogP contribution in [-0.2, 0) is 23.0 Å². The van der Waals surface area contributed by atoms with E-state index in [1.165, 1.54) is 11.3 Å². The number of hydrogen-bond donors (Lipinski definition) is 0. The summed E-state index contributed by atoms with van der Waals surface area (Å²) in [7, 11) is 0. The lowest BCUT2D eigenvalue weighted by atomic mass is 9.92. The molecule has 0 spiro atoms. The maximum Gasteiger partial charge on any atom is 0.455 e. The van der Waals surface area contributed by atoms with Gasteiger partial charge >= 0.3 is 12.2 Å². The first kappa shape index (κ1) is 25.5. The van der Waals surface area contributed by atoms with Crippen LogP contribution in [0.1, 0.15) is 31.2 Å². The van der Waals surface area contributed by atoms with Crippen molar-refractivity contribution >= 4 is 38.8 Å². The molecule has 1 fully saturated rings. The average Bonchev–Trinajstić information content (AvgIpc) is 3.51. The molecule has 0 N–H and O–H groups in total. The number of benzene rings is 1. The van der Waals surface area contributed by atoms with E-state index in [2.05, 4.69) is 20.1 Å². The van der Waals surface area contributed by atoms with Crippen LogP contribution in [0.25, 0.3) is 21.6 Å². The molecule has 0 aliphatic carbocycles. The summed E-state index contributed by atoms with van der Waals surface area (Å²) in [5.74, 6) is -1.13. The van der Waals surface area contributed by atoms with Crippen LogP contribution in [0.4, 0.5) is 19.2 Å². The average molecular weight is 553 g/mol. The summed E-state index contributed by atoms with van der Waals surface area (Å²) in [6, 6.07) is 10.8. The van der Waals surface area contributed by atoms with Gasteiger partial charge in [0.1, 0.15) is 16.5 Å². The number of halogens is 3. The summed E-state index contributed by atoms with van der Waals surface area (Å²) in [5.41, 5.74) is 3.02. The molecule has 37 heavy (non-hydrogen) atoms. The minimum atomic E-state index is -4.64. The zero-order valence-corrected chi connectivity index (χ0v) is 21.1. The van der Waals surface area contributed by atoms with Crippen LogP contribution in [0, 0.1) is 5.92 Å². The van der Waals surface area contributed by atoms with E-state index in [1.807, 2.05) is 31.2 Å². The minimum absolute atomic E-state index is 0.0323. The second-order valence-electron chi connectivity index (χ2n) is 8.69. The number of anilines is 1. The van der Waals surface area contributed by atoms with Gasteiger partial charge in [-0.1, -0.05) is 46.7 Å². The van der Waals surface area contributed by atoms with Crippen molar-refractivity contribution < 1.29 is 31.2 Å². The van der Waals surface area contributed by atoms with Crippen molar-refractivity contribution in [3.05, 3.63) is 47.8 Å². The van der Waals surface area contributed by atoms with Gasteiger partial charge in [-0.05, 0) is 48.5 Å². The molecule has 196 valence electrons. The summed E-state index contributed by atoms with van der Waals surface area (Å²) in [6.07, 6.45) is -3.42. The van der Waals surface area contributed by atoms with Crippen LogP contribution in [0.3, 0.4) is 0 Å². The molecular formula is C23H21F3N5O4S2-. The van der Waals surface area contributed by atoms with Crippen LogP contribution in [0.2, 0.25) is 0 Å². The van der Waals surface area contributed by atoms with E-state index < -0.39 is 23.1 Å². The van der Waals surface area contributed by atoms with Crippen molar-refractivity contribution in [2.24, 2.45) is 5.92 Å². The number of thiazole rings is 1. The second-order valence-corrected chi connectivity index (χ2v) is 10.5. The molecule has 1 aliphatic rings. The molecule has 1 aliphatic heterocycles. The molecule has 2 unspecified atom stereocenters.